The number of fused-ring (bicyclic) bond motifs is 2. The fraction of sp³-hybridized carbons (Fsp3) is 0.524. The van der Waals surface area contributed by atoms with Crippen molar-refractivity contribution in [1.82, 2.24) is 9.80 Å². The van der Waals surface area contributed by atoms with Crippen LogP contribution in [0.4, 0.5) is 5.69 Å². The number of anilines is 1. The van der Waals surface area contributed by atoms with E-state index in [1.165, 1.54) is 4.90 Å². The number of hydrogen-bond acceptors (Lipinski definition) is 5. The van der Waals surface area contributed by atoms with Crippen LogP contribution in [0.3, 0.4) is 0 Å². The van der Waals surface area contributed by atoms with Crippen LogP contribution in [0.15, 0.2) is 36.4 Å². The highest BCUT2D eigenvalue weighted by molar-refractivity contribution is 6.05. The normalized spacial score (nSPS) is 27.0. The smallest absolute Gasteiger partial charge is 0.234 e. The second-order valence-corrected chi connectivity index (χ2v) is 7.69. The van der Waals surface area contributed by atoms with Crippen molar-refractivity contribution in [3.63, 3.8) is 0 Å². The van der Waals surface area contributed by atoms with E-state index in [4.69, 9.17) is 4.74 Å². The quantitative estimate of drug-likeness (QED) is 0.588. The standard InChI is InChI=1S/C21H27N3O3/c1-3-23-13-15(27-19-11-7-6-10-18(19)23)12-22(2)14-24-20(25)16-8-4-5-9-17(16)21(24)26/h4-7,10-11,15-17H,3,8-9,12-14H2,1-2H3/t15-,16-,17+/m0/s1. The molecule has 0 aromatic heterocycles. The Hall–Kier alpha value is -2.34. The van der Waals surface area contributed by atoms with Crippen molar-refractivity contribution >= 4 is 17.5 Å². The Balaban J connectivity index is 1.39. The van der Waals surface area contributed by atoms with Crippen LogP contribution in [0, 0.1) is 11.8 Å². The average Bonchev–Trinajstić information content (AvgIpc) is 2.92. The molecule has 1 saturated heterocycles. The lowest BCUT2D eigenvalue weighted by Crippen LogP contribution is -2.48. The number of likely N-dealkylation sites (tertiary alicyclic amines) is 1. The zero-order valence-electron chi connectivity index (χ0n) is 16.0. The van der Waals surface area contributed by atoms with Crippen LogP contribution in [0.2, 0.25) is 0 Å². The number of benzene rings is 1. The minimum atomic E-state index is -0.163. The molecule has 2 heterocycles. The number of allylic oxidation sites excluding steroid dienone is 2. The molecular formula is C21H27N3O3. The molecular weight excluding hydrogens is 342 g/mol. The summed E-state index contributed by atoms with van der Waals surface area (Å²) in [6, 6.07) is 8.08. The van der Waals surface area contributed by atoms with Crippen molar-refractivity contribution in [3.05, 3.63) is 36.4 Å². The lowest BCUT2D eigenvalue weighted by molar-refractivity contribution is -0.142. The van der Waals surface area contributed by atoms with Gasteiger partial charge in [-0.3, -0.25) is 19.4 Å². The first-order chi connectivity index (χ1) is 13.1. The first kappa shape index (κ1) is 18.0. The number of likely N-dealkylation sites (N-methyl/N-ethyl adjacent to an activating group) is 2. The molecule has 1 aliphatic carbocycles. The number of para-hydroxylation sites is 2. The van der Waals surface area contributed by atoms with Crippen molar-refractivity contribution < 1.29 is 14.3 Å². The number of amides is 2. The summed E-state index contributed by atoms with van der Waals surface area (Å²) in [6.45, 7) is 4.85. The maximum atomic E-state index is 12.6. The fourth-order valence-electron chi connectivity index (χ4n) is 4.43. The molecule has 2 amide bonds. The highest BCUT2D eigenvalue weighted by atomic mass is 16.5. The summed E-state index contributed by atoms with van der Waals surface area (Å²) >= 11 is 0. The Bertz CT molecular complexity index is 737. The van der Waals surface area contributed by atoms with Crippen LogP contribution >= 0.6 is 0 Å². The van der Waals surface area contributed by atoms with Crippen LogP contribution in [0.25, 0.3) is 0 Å². The fourth-order valence-corrected chi connectivity index (χ4v) is 4.43. The molecule has 27 heavy (non-hydrogen) atoms. The summed E-state index contributed by atoms with van der Waals surface area (Å²) in [5, 5.41) is 0. The summed E-state index contributed by atoms with van der Waals surface area (Å²) in [5.41, 5.74) is 1.13. The van der Waals surface area contributed by atoms with E-state index in [0.717, 1.165) is 24.5 Å². The summed E-state index contributed by atoms with van der Waals surface area (Å²) in [7, 11) is 1.95. The molecule has 6 heteroatoms. The molecule has 0 saturated carbocycles. The van der Waals surface area contributed by atoms with Gasteiger partial charge in [-0.2, -0.15) is 0 Å². The van der Waals surface area contributed by atoms with E-state index >= 15 is 0 Å². The van der Waals surface area contributed by atoms with Crippen LogP contribution < -0.4 is 9.64 Å². The molecule has 0 unspecified atom stereocenters. The van der Waals surface area contributed by atoms with E-state index in [0.29, 0.717) is 26.1 Å². The second kappa shape index (κ2) is 7.35. The predicted molar refractivity (Wildman–Crippen MR) is 103 cm³/mol. The Morgan fingerprint density at radius 2 is 1.78 bits per heavy atom. The van der Waals surface area contributed by atoms with Crippen molar-refractivity contribution in [2.75, 3.05) is 38.3 Å². The molecule has 0 N–H and O–H groups in total. The molecule has 0 radical (unpaired) electrons. The van der Waals surface area contributed by atoms with Gasteiger partial charge in [0.1, 0.15) is 11.9 Å². The minimum absolute atomic E-state index is 0.00148. The summed E-state index contributed by atoms with van der Waals surface area (Å²) < 4.78 is 6.17. The lowest BCUT2D eigenvalue weighted by atomic mass is 9.85. The van der Waals surface area contributed by atoms with Crippen molar-refractivity contribution in [3.8, 4) is 5.75 Å². The Kier molecular flexibility index (Phi) is 4.91. The van der Waals surface area contributed by atoms with Gasteiger partial charge in [0.2, 0.25) is 11.8 Å². The molecule has 4 rings (SSSR count). The molecule has 0 bridgehead atoms. The van der Waals surface area contributed by atoms with E-state index in [2.05, 4.69) is 17.9 Å². The molecule has 6 nitrogen and oxygen atoms in total. The maximum absolute atomic E-state index is 12.6. The molecule has 1 aromatic carbocycles. The number of carbonyl (C=O) groups is 2. The van der Waals surface area contributed by atoms with Crippen molar-refractivity contribution in [2.45, 2.75) is 25.9 Å². The molecule has 1 fully saturated rings. The largest absolute Gasteiger partial charge is 0.485 e. The molecule has 3 aliphatic rings. The number of hydrogen-bond donors (Lipinski definition) is 0. The van der Waals surface area contributed by atoms with Gasteiger partial charge in [-0.25, -0.2) is 0 Å². The average molecular weight is 369 g/mol. The third-order valence-electron chi connectivity index (χ3n) is 5.80. The van der Waals surface area contributed by atoms with Crippen LogP contribution in [0.1, 0.15) is 19.8 Å². The van der Waals surface area contributed by atoms with Gasteiger partial charge >= 0.3 is 0 Å². The SMILES string of the molecule is CCN1C[C@H](CN(C)CN2C(=O)[C@H]3CC=CC[C@H]3C2=O)Oc2ccccc21. The van der Waals surface area contributed by atoms with Crippen LogP contribution in [0.5, 0.6) is 5.75 Å². The molecule has 2 aliphatic heterocycles. The van der Waals surface area contributed by atoms with Gasteiger partial charge < -0.3 is 9.64 Å². The van der Waals surface area contributed by atoms with Gasteiger partial charge in [-0.05, 0) is 38.9 Å². The number of nitrogens with zero attached hydrogens (tertiary/aromatic N) is 3. The monoisotopic (exact) mass is 369 g/mol. The van der Waals surface area contributed by atoms with Crippen LogP contribution in [-0.2, 0) is 9.59 Å². The lowest BCUT2D eigenvalue weighted by Gasteiger charge is -2.37. The minimum Gasteiger partial charge on any atom is -0.485 e. The highest BCUT2D eigenvalue weighted by Gasteiger charge is 2.47. The summed E-state index contributed by atoms with van der Waals surface area (Å²) in [5.74, 6) is 0.528. The van der Waals surface area contributed by atoms with Crippen molar-refractivity contribution in [2.24, 2.45) is 11.8 Å². The van der Waals surface area contributed by atoms with E-state index in [1.807, 2.05) is 42.3 Å². The first-order valence-corrected chi connectivity index (χ1v) is 9.78. The number of rotatable bonds is 5. The van der Waals surface area contributed by atoms with Crippen LogP contribution in [-0.4, -0.2) is 61.1 Å². The second-order valence-electron chi connectivity index (χ2n) is 7.69. The molecule has 0 spiro atoms. The third kappa shape index (κ3) is 3.34. The molecule has 144 valence electrons. The number of ether oxygens (including phenoxy) is 1. The van der Waals surface area contributed by atoms with E-state index in [1.54, 1.807) is 0 Å². The van der Waals surface area contributed by atoms with E-state index < -0.39 is 0 Å². The Morgan fingerprint density at radius 1 is 1.11 bits per heavy atom. The van der Waals surface area contributed by atoms with Gasteiger partial charge in [0.15, 0.2) is 0 Å². The van der Waals surface area contributed by atoms with Gasteiger partial charge in [0.25, 0.3) is 0 Å². The molecule has 3 atom stereocenters. The Morgan fingerprint density at radius 3 is 2.44 bits per heavy atom. The highest BCUT2D eigenvalue weighted by Crippen LogP contribution is 2.35. The summed E-state index contributed by atoms with van der Waals surface area (Å²) in [6.07, 6.45) is 5.41. The number of carbonyl (C=O) groups excluding carboxylic acids is 2. The van der Waals surface area contributed by atoms with Crippen molar-refractivity contribution in [1.29, 1.82) is 0 Å². The van der Waals surface area contributed by atoms with E-state index in [9.17, 15) is 9.59 Å². The van der Waals surface area contributed by atoms with Gasteiger partial charge in [-0.1, -0.05) is 24.3 Å². The summed E-state index contributed by atoms with van der Waals surface area (Å²) in [4.78, 5) is 31.1. The topological polar surface area (TPSA) is 53.1 Å². The third-order valence-corrected chi connectivity index (χ3v) is 5.80. The van der Waals surface area contributed by atoms with Gasteiger partial charge in [-0.15, -0.1) is 0 Å². The predicted octanol–water partition coefficient (Wildman–Crippen LogP) is 2.11. The first-order valence-electron chi connectivity index (χ1n) is 9.78. The maximum Gasteiger partial charge on any atom is 0.234 e. The molecule has 1 aromatic rings. The zero-order valence-corrected chi connectivity index (χ0v) is 16.0. The van der Waals surface area contributed by atoms with Gasteiger partial charge in [0.05, 0.1) is 30.7 Å². The number of imide groups is 1. The Labute approximate surface area is 160 Å². The zero-order chi connectivity index (χ0) is 19.0. The van der Waals surface area contributed by atoms with Gasteiger partial charge in [0, 0.05) is 13.1 Å². The van der Waals surface area contributed by atoms with E-state index in [-0.39, 0.29) is 29.8 Å².